The molecule has 0 spiro atoms. The number of rotatable bonds is 9. The highest BCUT2D eigenvalue weighted by Gasteiger charge is 2.51. The van der Waals surface area contributed by atoms with Gasteiger partial charge in [0.25, 0.3) is 0 Å². The highest BCUT2D eigenvalue weighted by Crippen LogP contribution is 2.48. The van der Waals surface area contributed by atoms with Crippen LogP contribution in [0.1, 0.15) is 71.8 Å². The van der Waals surface area contributed by atoms with Crippen molar-refractivity contribution in [1.82, 2.24) is 24.5 Å². The molecule has 3 aromatic heterocycles. The minimum atomic E-state index is -2.70. The molecule has 1 saturated carbocycles. The predicted molar refractivity (Wildman–Crippen MR) is 176 cm³/mol. The van der Waals surface area contributed by atoms with Gasteiger partial charge in [0.1, 0.15) is 4.75 Å². The van der Waals surface area contributed by atoms with Crippen LogP contribution in [0.4, 0.5) is 8.78 Å². The Balaban J connectivity index is 1.44. The highest BCUT2D eigenvalue weighted by molar-refractivity contribution is 7.90. The number of hydrogen-bond acceptors (Lipinski definition) is 6. The first-order chi connectivity index (χ1) is 20.4. The lowest BCUT2D eigenvalue weighted by Gasteiger charge is -2.40. The second kappa shape index (κ2) is 11.9. The summed E-state index contributed by atoms with van der Waals surface area (Å²) < 4.78 is 51.6. The van der Waals surface area contributed by atoms with Crippen molar-refractivity contribution in [1.29, 1.82) is 0 Å². The van der Waals surface area contributed by atoms with Crippen LogP contribution in [0.25, 0.3) is 28.0 Å². The zero-order chi connectivity index (χ0) is 32.1. The fourth-order valence-electron chi connectivity index (χ4n) is 4.92. The van der Waals surface area contributed by atoms with E-state index >= 15 is 0 Å². The molecule has 0 amide bonds. The Morgan fingerprint density at radius 2 is 1.75 bits per heavy atom. The van der Waals surface area contributed by atoms with Crippen molar-refractivity contribution in [3.05, 3.63) is 72.2 Å². The lowest BCUT2D eigenvalue weighted by Crippen LogP contribution is -2.48. The minimum Gasteiger partial charge on any atom is -0.598 e. The topological polar surface area (TPSA) is 87.9 Å². The first kappa shape index (κ1) is 32.7. The maximum Gasteiger partial charge on any atom is 0.248 e. The molecule has 3 heterocycles. The van der Waals surface area contributed by atoms with Crippen LogP contribution in [0.3, 0.4) is 0 Å². The van der Waals surface area contributed by atoms with E-state index in [4.69, 9.17) is 14.4 Å². The van der Waals surface area contributed by atoms with Gasteiger partial charge in [0.15, 0.2) is 14.1 Å². The van der Waals surface area contributed by atoms with Crippen molar-refractivity contribution in [2.24, 2.45) is 5.92 Å². The number of halogens is 2. The summed E-state index contributed by atoms with van der Waals surface area (Å²) in [6, 6.07) is 16.9. The Hall–Kier alpha value is -2.70. The van der Waals surface area contributed by atoms with E-state index in [1.807, 2.05) is 86.2 Å². The van der Waals surface area contributed by atoms with Crippen LogP contribution in [0, 0.1) is 5.92 Å². The van der Waals surface area contributed by atoms with E-state index in [9.17, 15) is 13.3 Å². The van der Waals surface area contributed by atoms with Crippen LogP contribution in [-0.2, 0) is 22.4 Å². The van der Waals surface area contributed by atoms with Gasteiger partial charge in [0.2, 0.25) is 5.92 Å². The summed E-state index contributed by atoms with van der Waals surface area (Å²) in [4.78, 5) is 9.77. The van der Waals surface area contributed by atoms with E-state index in [0.717, 1.165) is 22.2 Å². The van der Waals surface area contributed by atoms with Gasteiger partial charge in [-0.15, -0.1) is 4.72 Å². The van der Waals surface area contributed by atoms with E-state index in [-0.39, 0.29) is 23.8 Å². The molecule has 0 unspecified atom stereocenters. The Morgan fingerprint density at radius 1 is 1.05 bits per heavy atom. The minimum absolute atomic E-state index is 0.104. The van der Waals surface area contributed by atoms with Crippen LogP contribution in [0.5, 0.6) is 0 Å². The van der Waals surface area contributed by atoms with Gasteiger partial charge in [-0.05, 0) is 75.2 Å². The van der Waals surface area contributed by atoms with Crippen molar-refractivity contribution < 1.29 is 17.8 Å². The van der Waals surface area contributed by atoms with Gasteiger partial charge >= 0.3 is 0 Å². The third-order valence-electron chi connectivity index (χ3n) is 8.74. The van der Waals surface area contributed by atoms with Gasteiger partial charge in [-0.25, -0.2) is 18.4 Å². The molecule has 0 radical (unpaired) electrons. The third kappa shape index (κ3) is 7.07. The van der Waals surface area contributed by atoms with E-state index < -0.39 is 36.4 Å². The van der Waals surface area contributed by atoms with Crippen molar-refractivity contribution in [2.45, 2.75) is 95.8 Å². The Bertz CT molecular complexity index is 1620. The Labute approximate surface area is 263 Å². The molecule has 5 rings (SSSR count). The van der Waals surface area contributed by atoms with E-state index in [0.29, 0.717) is 23.8 Å². The quantitative estimate of drug-likeness (QED) is 0.147. The smallest absolute Gasteiger partial charge is 0.248 e. The molecule has 44 heavy (non-hydrogen) atoms. The molecule has 4 aromatic rings. The van der Waals surface area contributed by atoms with Crippen LogP contribution < -0.4 is 4.72 Å². The fraction of sp³-hybridized carbons (Fsp3) is 0.485. The molecule has 1 aliphatic carbocycles. The average Bonchev–Trinajstić information content (AvgIpc) is 3.36. The standard InChI is InChI=1S/C33H43F2N5O2SSi/c1-31(2,3)43(41)39-30(24-18-33(34,35)19-24)27-13-10-12-26(38-27)22-15-16-23-20-36-40(28(23)17-22)29-14-9-11-25(37-29)21-42-44(7,8)32(4,5)6/h9-17,20,24,30,39H,18-19,21H2,1-8H3/t30-,43-/m1/s1. The molecule has 0 aliphatic heterocycles. The first-order valence-corrected chi connectivity index (χ1v) is 19.1. The van der Waals surface area contributed by atoms with Crippen LogP contribution in [-0.4, -0.2) is 43.3 Å². The first-order valence-electron chi connectivity index (χ1n) is 15.0. The van der Waals surface area contributed by atoms with Crippen LogP contribution in [0.2, 0.25) is 18.1 Å². The average molecular weight is 640 g/mol. The highest BCUT2D eigenvalue weighted by atomic mass is 32.2. The second-order valence-electron chi connectivity index (χ2n) is 14.3. The van der Waals surface area contributed by atoms with Gasteiger partial charge < -0.3 is 8.98 Å². The molecule has 7 nitrogen and oxygen atoms in total. The number of hydrogen-bond donors (Lipinski definition) is 1. The van der Waals surface area contributed by atoms with Gasteiger partial charge in [0.05, 0.1) is 41.4 Å². The third-order valence-corrected chi connectivity index (χ3v) is 14.8. The van der Waals surface area contributed by atoms with Crippen molar-refractivity contribution in [3.63, 3.8) is 0 Å². The summed E-state index contributed by atoms with van der Waals surface area (Å²) in [5.41, 5.74) is 3.86. The number of nitrogens with one attached hydrogen (secondary N) is 1. The number of fused-ring (bicyclic) bond motifs is 1. The molecule has 11 heteroatoms. The van der Waals surface area contributed by atoms with Crippen molar-refractivity contribution >= 4 is 30.6 Å². The monoisotopic (exact) mass is 639 g/mol. The van der Waals surface area contributed by atoms with E-state index in [2.05, 4.69) is 43.7 Å². The summed E-state index contributed by atoms with van der Waals surface area (Å²) >= 11 is -1.44. The van der Waals surface area contributed by atoms with Gasteiger partial charge in [0, 0.05) is 35.2 Å². The van der Waals surface area contributed by atoms with Gasteiger partial charge in [-0.2, -0.15) is 5.10 Å². The second-order valence-corrected chi connectivity index (χ2v) is 21.1. The Morgan fingerprint density at radius 3 is 2.41 bits per heavy atom. The number of benzene rings is 1. The number of alkyl halides is 2. The van der Waals surface area contributed by atoms with Crippen molar-refractivity contribution in [3.8, 4) is 17.1 Å². The largest absolute Gasteiger partial charge is 0.598 e. The molecule has 2 atom stereocenters. The number of aromatic nitrogens is 4. The Kier molecular flexibility index (Phi) is 8.84. The maximum absolute atomic E-state index is 13.9. The molecular formula is C33H43F2N5O2SSi. The van der Waals surface area contributed by atoms with E-state index in [1.54, 1.807) is 0 Å². The zero-order valence-corrected chi connectivity index (χ0v) is 28.6. The van der Waals surface area contributed by atoms with Crippen molar-refractivity contribution in [2.75, 3.05) is 0 Å². The summed E-state index contributed by atoms with van der Waals surface area (Å²) in [6.45, 7) is 17.1. The predicted octanol–water partition coefficient (Wildman–Crippen LogP) is 8.14. The number of pyridine rings is 2. The van der Waals surface area contributed by atoms with Gasteiger partial charge in [-0.1, -0.05) is 45.0 Å². The van der Waals surface area contributed by atoms with Gasteiger partial charge in [-0.3, -0.25) is 4.98 Å². The van der Waals surface area contributed by atoms with Crippen LogP contribution >= 0.6 is 0 Å². The maximum atomic E-state index is 13.9. The fourth-order valence-corrected chi connectivity index (χ4v) is 6.75. The molecule has 236 valence electrons. The molecular weight excluding hydrogens is 597 g/mol. The zero-order valence-electron chi connectivity index (χ0n) is 26.8. The lowest BCUT2D eigenvalue weighted by molar-refractivity contribution is -0.118. The summed E-state index contributed by atoms with van der Waals surface area (Å²) in [5.74, 6) is -2.37. The molecule has 1 aromatic carbocycles. The van der Waals surface area contributed by atoms with E-state index in [1.165, 1.54) is 0 Å². The lowest BCUT2D eigenvalue weighted by atomic mass is 9.75. The SMILES string of the molecule is CC(C)(C)[S@@+]([O-])N[C@@H](c1cccc(-c2ccc3cnn(-c4cccc(CO[Si](C)(C)C(C)(C)C)n4)c3c2)n1)C1CC(F)(F)C1. The summed E-state index contributed by atoms with van der Waals surface area (Å²) in [6.07, 6.45) is 1.30. The summed E-state index contributed by atoms with van der Waals surface area (Å²) in [7, 11) is -1.93. The normalized spacial score (nSPS) is 17.4. The molecule has 1 N–H and O–H groups in total. The molecule has 1 aliphatic rings. The molecule has 1 fully saturated rings. The number of nitrogens with zero attached hydrogens (tertiary/aromatic N) is 4. The summed E-state index contributed by atoms with van der Waals surface area (Å²) in [5, 5.41) is 5.69. The molecule has 0 bridgehead atoms. The van der Waals surface area contributed by atoms with Crippen LogP contribution in [0.15, 0.2) is 60.8 Å². The molecule has 0 saturated heterocycles.